The van der Waals surface area contributed by atoms with Gasteiger partial charge >= 0.3 is 0 Å². The Hall–Kier alpha value is -0.210. The van der Waals surface area contributed by atoms with E-state index in [1.165, 1.54) is 0 Å². The highest BCUT2D eigenvalue weighted by Gasteiger charge is 1.99. The van der Waals surface area contributed by atoms with Crippen LogP contribution in [-0.4, -0.2) is 11.3 Å². The fourth-order valence-corrected chi connectivity index (χ4v) is 1.72. The van der Waals surface area contributed by atoms with E-state index in [2.05, 4.69) is 61.3 Å². The van der Waals surface area contributed by atoms with Gasteiger partial charge in [0.1, 0.15) is 0 Å². The third-order valence-electron chi connectivity index (χ3n) is 1.36. The van der Waals surface area contributed by atoms with E-state index >= 15 is 0 Å². The van der Waals surface area contributed by atoms with E-state index in [-0.39, 0.29) is 5.11 Å². The molecule has 3 N–H and O–H groups in total. The maximum Gasteiger partial charge on any atom is 0.184 e. The molecule has 0 saturated heterocycles. The lowest BCUT2D eigenvalue weighted by Crippen LogP contribution is -2.24. The molecule has 0 saturated carbocycles. The van der Waals surface area contributed by atoms with E-state index in [4.69, 9.17) is 5.73 Å². The second-order valence-electron chi connectivity index (χ2n) is 2.38. The fourth-order valence-electron chi connectivity index (χ4n) is 0.786. The van der Waals surface area contributed by atoms with Crippen LogP contribution in [0.15, 0.2) is 27.8 Å². The molecule has 0 aliphatic heterocycles. The van der Waals surface area contributed by atoms with Crippen molar-refractivity contribution in [3.05, 3.63) is 31.8 Å². The van der Waals surface area contributed by atoms with Gasteiger partial charge in [0, 0.05) is 13.6 Å². The summed E-state index contributed by atoms with van der Waals surface area (Å²) < 4.78 is 2.14. The van der Waals surface area contributed by atoms with E-state index in [1.54, 1.807) is 6.21 Å². The summed E-state index contributed by atoms with van der Waals surface area (Å²) in [7, 11) is 0. The molecule has 74 valence electrons. The molecule has 0 radical (unpaired) electrons. The van der Waals surface area contributed by atoms with E-state index in [0.29, 0.717) is 0 Å². The van der Waals surface area contributed by atoms with Crippen LogP contribution in [0.25, 0.3) is 0 Å². The zero-order valence-electron chi connectivity index (χ0n) is 7.00. The summed E-state index contributed by atoms with van der Waals surface area (Å²) in [5.74, 6) is 0. The van der Waals surface area contributed by atoms with Crippen LogP contribution in [0.4, 0.5) is 0 Å². The van der Waals surface area contributed by atoms with Crippen molar-refractivity contribution in [2.45, 2.75) is 0 Å². The molecule has 3 nitrogen and oxygen atoms in total. The summed E-state index contributed by atoms with van der Waals surface area (Å²) in [6.07, 6.45) is 1.67. The highest BCUT2D eigenvalue weighted by atomic mass is 127. The molecule has 0 aliphatic rings. The Morgan fingerprint density at radius 3 is 3.00 bits per heavy atom. The van der Waals surface area contributed by atoms with Gasteiger partial charge in [0.25, 0.3) is 0 Å². The van der Waals surface area contributed by atoms with Gasteiger partial charge in [0.2, 0.25) is 0 Å². The van der Waals surface area contributed by atoms with Crippen molar-refractivity contribution in [3.63, 3.8) is 0 Å². The zero-order valence-corrected chi connectivity index (χ0v) is 11.6. The van der Waals surface area contributed by atoms with Gasteiger partial charge in [-0.15, -0.1) is 0 Å². The van der Waals surface area contributed by atoms with Crippen LogP contribution in [0.1, 0.15) is 5.56 Å². The van der Waals surface area contributed by atoms with Crippen molar-refractivity contribution in [2.75, 3.05) is 0 Å². The van der Waals surface area contributed by atoms with Crippen molar-refractivity contribution in [3.8, 4) is 0 Å². The molecule has 0 spiro atoms. The Morgan fingerprint density at radius 2 is 2.36 bits per heavy atom. The second kappa shape index (κ2) is 5.62. The molecule has 0 aliphatic carbocycles. The quantitative estimate of drug-likeness (QED) is 0.356. The van der Waals surface area contributed by atoms with E-state index < -0.39 is 0 Å². The number of thiocarbonyl (C=S) groups is 1. The molecule has 0 amide bonds. The van der Waals surface area contributed by atoms with Crippen molar-refractivity contribution in [1.29, 1.82) is 0 Å². The zero-order chi connectivity index (χ0) is 10.6. The third-order valence-corrected chi connectivity index (χ3v) is 4.06. The molecule has 14 heavy (non-hydrogen) atoms. The van der Waals surface area contributed by atoms with E-state index in [1.807, 2.05) is 18.2 Å². The first-order valence-electron chi connectivity index (χ1n) is 3.64. The fraction of sp³-hybridized carbons (Fsp3) is 0. The molecular weight excluding hydrogens is 377 g/mol. The molecule has 0 atom stereocenters. The van der Waals surface area contributed by atoms with Crippen LogP contribution in [0.5, 0.6) is 0 Å². The molecule has 0 unspecified atom stereocenters. The van der Waals surface area contributed by atoms with Crippen molar-refractivity contribution in [2.24, 2.45) is 10.8 Å². The van der Waals surface area contributed by atoms with Crippen LogP contribution >= 0.6 is 50.7 Å². The number of nitrogens with one attached hydrogen (secondary N) is 1. The Bertz CT molecular complexity index is 381. The van der Waals surface area contributed by atoms with Crippen molar-refractivity contribution < 1.29 is 0 Å². The minimum Gasteiger partial charge on any atom is -0.375 e. The van der Waals surface area contributed by atoms with Crippen LogP contribution < -0.4 is 11.2 Å². The van der Waals surface area contributed by atoms with Gasteiger partial charge in [0.05, 0.1) is 6.21 Å². The molecule has 0 aromatic heterocycles. The molecule has 0 heterocycles. The van der Waals surface area contributed by atoms with Crippen LogP contribution in [-0.2, 0) is 0 Å². The minimum absolute atomic E-state index is 0.159. The molecule has 0 fully saturated rings. The number of nitrogens with two attached hydrogens (primary N) is 1. The maximum absolute atomic E-state index is 5.22. The first-order chi connectivity index (χ1) is 6.61. The summed E-state index contributed by atoms with van der Waals surface area (Å²) in [4.78, 5) is 0. The van der Waals surface area contributed by atoms with Crippen LogP contribution in [0, 0.1) is 3.57 Å². The molecule has 0 bridgehead atoms. The summed E-state index contributed by atoms with van der Waals surface area (Å²) in [6, 6.07) is 5.87. The highest BCUT2D eigenvalue weighted by Crippen LogP contribution is 2.21. The number of hydrazone groups is 1. The first-order valence-corrected chi connectivity index (χ1v) is 5.92. The van der Waals surface area contributed by atoms with Gasteiger partial charge in [-0.3, -0.25) is 5.43 Å². The highest BCUT2D eigenvalue weighted by molar-refractivity contribution is 14.1. The molecule has 6 heteroatoms. The van der Waals surface area contributed by atoms with Gasteiger partial charge in [0.15, 0.2) is 5.11 Å². The number of rotatable bonds is 2. The second-order valence-corrected chi connectivity index (χ2v) is 4.75. The largest absolute Gasteiger partial charge is 0.375 e. The number of hydrogen-bond donors (Lipinski definition) is 2. The number of hydrogen-bond acceptors (Lipinski definition) is 2. The predicted octanol–water partition coefficient (Wildman–Crippen LogP) is 2.22. The minimum atomic E-state index is 0.159. The summed E-state index contributed by atoms with van der Waals surface area (Å²) in [5.41, 5.74) is 8.72. The molecular formula is C8H7BrIN3S. The average Bonchev–Trinajstić information content (AvgIpc) is 2.12. The van der Waals surface area contributed by atoms with Gasteiger partial charge in [-0.1, -0.05) is 12.1 Å². The Kier molecular flexibility index (Phi) is 4.76. The normalized spacial score (nSPS) is 10.4. The molecule has 1 rings (SSSR count). The number of halogens is 2. The SMILES string of the molecule is NC(=S)NN=Cc1cccc(Br)c1I. The average molecular weight is 384 g/mol. The van der Waals surface area contributed by atoms with Crippen LogP contribution in [0.3, 0.4) is 0 Å². The lowest BCUT2D eigenvalue weighted by Gasteiger charge is -2.00. The third kappa shape index (κ3) is 3.50. The standard InChI is InChI=1S/C8H7BrIN3S/c9-6-3-1-2-5(7(6)10)4-12-13-8(11)14/h1-4H,(H3,11,13,14). The number of benzene rings is 1. The Labute approximate surface area is 109 Å². The monoisotopic (exact) mass is 383 g/mol. The lowest BCUT2D eigenvalue weighted by atomic mass is 10.2. The first kappa shape index (κ1) is 11.9. The van der Waals surface area contributed by atoms with E-state index in [0.717, 1.165) is 13.6 Å². The summed E-state index contributed by atoms with van der Waals surface area (Å²) >= 11 is 10.3. The lowest BCUT2D eigenvalue weighted by molar-refractivity contribution is 1.04. The smallest absolute Gasteiger partial charge is 0.184 e. The van der Waals surface area contributed by atoms with Crippen molar-refractivity contribution >= 4 is 62.1 Å². The molecule has 1 aromatic rings. The molecule has 1 aromatic carbocycles. The van der Waals surface area contributed by atoms with Gasteiger partial charge in [-0.25, -0.2) is 0 Å². The summed E-state index contributed by atoms with van der Waals surface area (Å²) in [6.45, 7) is 0. The number of nitrogens with zero attached hydrogens (tertiary/aromatic N) is 1. The Morgan fingerprint density at radius 1 is 1.64 bits per heavy atom. The van der Waals surface area contributed by atoms with Gasteiger partial charge in [-0.05, 0) is 56.8 Å². The Balaban J connectivity index is 2.81. The van der Waals surface area contributed by atoms with Crippen molar-refractivity contribution in [1.82, 2.24) is 5.43 Å². The predicted molar refractivity (Wildman–Crippen MR) is 74.4 cm³/mol. The maximum atomic E-state index is 5.22. The topological polar surface area (TPSA) is 50.4 Å². The van der Waals surface area contributed by atoms with E-state index in [9.17, 15) is 0 Å². The summed E-state index contributed by atoms with van der Waals surface area (Å²) in [5, 5.41) is 4.03. The van der Waals surface area contributed by atoms with Gasteiger partial charge in [-0.2, -0.15) is 5.10 Å². The van der Waals surface area contributed by atoms with Crippen LogP contribution in [0.2, 0.25) is 0 Å². The van der Waals surface area contributed by atoms with Gasteiger partial charge < -0.3 is 5.73 Å².